The van der Waals surface area contributed by atoms with Gasteiger partial charge in [-0.05, 0) is 13.0 Å². The maximum atomic E-state index is 5.62. The van der Waals surface area contributed by atoms with Crippen molar-refractivity contribution < 1.29 is 18.9 Å². The van der Waals surface area contributed by atoms with Crippen molar-refractivity contribution in [3.63, 3.8) is 0 Å². The minimum absolute atomic E-state index is 0.632. The second kappa shape index (κ2) is 14.7. The van der Waals surface area contributed by atoms with Crippen LogP contribution in [0.1, 0.15) is 32.6 Å². The largest absolute Gasteiger partial charge is 0.378 e. The summed E-state index contributed by atoms with van der Waals surface area (Å²) in [6.07, 6.45) is 5.19. The second-order valence-corrected chi connectivity index (χ2v) is 5.35. The van der Waals surface area contributed by atoms with Crippen molar-refractivity contribution >= 4 is 0 Å². The molecule has 0 bridgehead atoms. The molecular weight excluding hydrogens is 270 g/mol. The molecule has 1 saturated heterocycles. The summed E-state index contributed by atoms with van der Waals surface area (Å²) in [5.74, 6) is 0. The highest BCUT2D eigenvalue weighted by atomic mass is 16.6. The van der Waals surface area contributed by atoms with Crippen molar-refractivity contribution in [2.75, 3.05) is 72.5 Å². The average Bonchev–Trinajstić information content (AvgIpc) is 2.51. The Morgan fingerprint density at radius 1 is 0.619 bits per heavy atom. The molecule has 0 atom stereocenters. The summed E-state index contributed by atoms with van der Waals surface area (Å²) in [6.45, 7) is 10.8. The summed E-state index contributed by atoms with van der Waals surface area (Å²) < 4.78 is 22.1. The summed E-state index contributed by atoms with van der Waals surface area (Å²) in [4.78, 5) is 2.44. The van der Waals surface area contributed by atoms with Crippen molar-refractivity contribution in [3.05, 3.63) is 0 Å². The van der Waals surface area contributed by atoms with Crippen molar-refractivity contribution in [2.24, 2.45) is 0 Å². The van der Waals surface area contributed by atoms with Gasteiger partial charge in [0.15, 0.2) is 0 Å². The van der Waals surface area contributed by atoms with Gasteiger partial charge in [0.1, 0.15) is 0 Å². The van der Waals surface area contributed by atoms with Gasteiger partial charge in [-0.1, -0.05) is 26.2 Å². The number of ether oxygens (including phenoxy) is 4. The first-order chi connectivity index (χ1) is 10.4. The molecule has 0 N–H and O–H groups in total. The summed E-state index contributed by atoms with van der Waals surface area (Å²) in [5, 5.41) is 0. The minimum Gasteiger partial charge on any atom is -0.378 e. The molecular formula is C16H33NO4. The Morgan fingerprint density at radius 3 is 1.57 bits per heavy atom. The molecule has 0 saturated carbocycles. The third kappa shape index (κ3) is 12.1. The Morgan fingerprint density at radius 2 is 1.10 bits per heavy atom. The van der Waals surface area contributed by atoms with Gasteiger partial charge in [0, 0.05) is 13.1 Å². The van der Waals surface area contributed by atoms with Gasteiger partial charge in [0.25, 0.3) is 0 Å². The van der Waals surface area contributed by atoms with E-state index in [0.717, 1.165) is 32.8 Å². The fourth-order valence-electron chi connectivity index (χ4n) is 2.25. The smallest absolute Gasteiger partial charge is 0.0701 e. The predicted octanol–water partition coefficient (Wildman–Crippen LogP) is 1.95. The fraction of sp³-hybridized carbons (Fsp3) is 1.00. The standard InChI is InChI=1S/C16H33NO4/c1-2-3-4-5-6-17-7-9-18-11-13-20-15-16-21-14-12-19-10-8-17/h2-16H2,1H3. The van der Waals surface area contributed by atoms with E-state index >= 15 is 0 Å². The fourth-order valence-corrected chi connectivity index (χ4v) is 2.25. The Bertz CT molecular complexity index is 200. The minimum atomic E-state index is 0.632. The quantitative estimate of drug-likeness (QED) is 0.726. The Kier molecular flexibility index (Phi) is 13.2. The monoisotopic (exact) mass is 303 g/mol. The van der Waals surface area contributed by atoms with Crippen molar-refractivity contribution in [1.29, 1.82) is 0 Å². The Hall–Kier alpha value is -0.200. The molecule has 21 heavy (non-hydrogen) atoms. The van der Waals surface area contributed by atoms with Gasteiger partial charge in [0.05, 0.1) is 52.9 Å². The van der Waals surface area contributed by atoms with Crippen LogP contribution in [0.5, 0.6) is 0 Å². The van der Waals surface area contributed by atoms with Crippen LogP contribution in [0.3, 0.4) is 0 Å². The van der Waals surface area contributed by atoms with Crippen LogP contribution in [0.4, 0.5) is 0 Å². The molecule has 1 heterocycles. The van der Waals surface area contributed by atoms with E-state index in [0.29, 0.717) is 39.6 Å². The summed E-state index contributed by atoms with van der Waals surface area (Å²) in [5.41, 5.74) is 0. The van der Waals surface area contributed by atoms with E-state index in [4.69, 9.17) is 18.9 Å². The lowest BCUT2D eigenvalue weighted by atomic mass is 10.2. The molecule has 5 heteroatoms. The third-order valence-electron chi connectivity index (χ3n) is 3.55. The second-order valence-electron chi connectivity index (χ2n) is 5.35. The van der Waals surface area contributed by atoms with Crippen LogP contribution >= 0.6 is 0 Å². The number of hydrogen-bond acceptors (Lipinski definition) is 5. The van der Waals surface area contributed by atoms with Crippen LogP contribution in [0.25, 0.3) is 0 Å². The molecule has 1 rings (SSSR count). The number of unbranched alkanes of at least 4 members (excludes halogenated alkanes) is 3. The lowest BCUT2D eigenvalue weighted by molar-refractivity contribution is 0.00206. The zero-order chi connectivity index (χ0) is 15.0. The average molecular weight is 303 g/mol. The molecule has 0 aromatic carbocycles. The Labute approximate surface area is 129 Å². The van der Waals surface area contributed by atoms with Crippen molar-refractivity contribution in [2.45, 2.75) is 32.6 Å². The molecule has 126 valence electrons. The van der Waals surface area contributed by atoms with Gasteiger partial charge in [-0.25, -0.2) is 0 Å². The third-order valence-corrected chi connectivity index (χ3v) is 3.55. The normalized spacial score (nSPS) is 21.6. The molecule has 0 aliphatic carbocycles. The van der Waals surface area contributed by atoms with E-state index in [9.17, 15) is 0 Å². The first-order valence-corrected chi connectivity index (χ1v) is 8.47. The summed E-state index contributed by atoms with van der Waals surface area (Å²) in [7, 11) is 0. The number of nitrogens with zero attached hydrogens (tertiary/aromatic N) is 1. The molecule has 0 unspecified atom stereocenters. The van der Waals surface area contributed by atoms with E-state index in [1.165, 1.54) is 25.7 Å². The molecule has 1 fully saturated rings. The predicted molar refractivity (Wildman–Crippen MR) is 83.9 cm³/mol. The summed E-state index contributed by atoms with van der Waals surface area (Å²) >= 11 is 0. The van der Waals surface area contributed by atoms with Crippen LogP contribution in [0.15, 0.2) is 0 Å². The van der Waals surface area contributed by atoms with Crippen LogP contribution in [0.2, 0.25) is 0 Å². The van der Waals surface area contributed by atoms with Crippen molar-refractivity contribution in [1.82, 2.24) is 4.90 Å². The maximum Gasteiger partial charge on any atom is 0.0701 e. The van der Waals surface area contributed by atoms with Crippen LogP contribution < -0.4 is 0 Å². The van der Waals surface area contributed by atoms with E-state index in [1.807, 2.05) is 0 Å². The van der Waals surface area contributed by atoms with Gasteiger partial charge in [-0.2, -0.15) is 0 Å². The first kappa shape index (κ1) is 18.8. The molecule has 5 nitrogen and oxygen atoms in total. The molecule has 0 aromatic heterocycles. The molecule has 0 aromatic rings. The molecule has 1 aliphatic heterocycles. The van der Waals surface area contributed by atoms with Gasteiger partial charge < -0.3 is 18.9 Å². The van der Waals surface area contributed by atoms with Gasteiger partial charge >= 0.3 is 0 Å². The highest BCUT2D eigenvalue weighted by molar-refractivity contribution is 4.58. The van der Waals surface area contributed by atoms with E-state index in [-0.39, 0.29) is 0 Å². The Balaban J connectivity index is 2.20. The van der Waals surface area contributed by atoms with Crippen molar-refractivity contribution in [3.8, 4) is 0 Å². The van der Waals surface area contributed by atoms with E-state index in [2.05, 4.69) is 11.8 Å². The highest BCUT2D eigenvalue weighted by Crippen LogP contribution is 2.01. The van der Waals surface area contributed by atoms with Gasteiger partial charge in [0.2, 0.25) is 0 Å². The maximum absolute atomic E-state index is 5.62. The van der Waals surface area contributed by atoms with Gasteiger partial charge in [-0.3, -0.25) is 4.90 Å². The topological polar surface area (TPSA) is 40.2 Å². The molecule has 1 aliphatic rings. The highest BCUT2D eigenvalue weighted by Gasteiger charge is 2.05. The summed E-state index contributed by atoms with van der Waals surface area (Å²) in [6, 6.07) is 0. The van der Waals surface area contributed by atoms with Gasteiger partial charge in [-0.15, -0.1) is 0 Å². The lowest BCUT2D eigenvalue weighted by Crippen LogP contribution is -2.32. The van der Waals surface area contributed by atoms with Crippen LogP contribution in [0, 0.1) is 0 Å². The number of hydrogen-bond donors (Lipinski definition) is 0. The van der Waals surface area contributed by atoms with Crippen LogP contribution in [-0.2, 0) is 18.9 Å². The van der Waals surface area contributed by atoms with E-state index < -0.39 is 0 Å². The molecule has 0 spiro atoms. The zero-order valence-electron chi connectivity index (χ0n) is 13.7. The SMILES string of the molecule is CCCCCCN1CCOCCOCCOCCOCC1. The molecule has 0 amide bonds. The van der Waals surface area contributed by atoms with Crippen LogP contribution in [-0.4, -0.2) is 77.4 Å². The number of rotatable bonds is 5. The van der Waals surface area contributed by atoms with E-state index in [1.54, 1.807) is 0 Å². The molecule has 0 radical (unpaired) electrons. The lowest BCUT2D eigenvalue weighted by Gasteiger charge is -2.22. The first-order valence-electron chi connectivity index (χ1n) is 8.47. The zero-order valence-corrected chi connectivity index (χ0v) is 13.7.